The van der Waals surface area contributed by atoms with E-state index in [4.69, 9.17) is 21.1 Å². The second kappa shape index (κ2) is 8.81. The zero-order chi connectivity index (χ0) is 22.9. The zero-order valence-corrected chi connectivity index (χ0v) is 18.4. The minimum absolute atomic E-state index is 0.219. The van der Waals surface area contributed by atoms with Crippen LogP contribution < -0.4 is 10.1 Å². The molecule has 0 radical (unpaired) electrons. The molecule has 1 amide bonds. The molecule has 4 aromatic rings. The largest absolute Gasteiger partial charge is 0.493 e. The Morgan fingerprint density at radius 1 is 1.39 bits per heavy atom. The first-order chi connectivity index (χ1) is 16.0. The summed E-state index contributed by atoms with van der Waals surface area (Å²) in [5.74, 6) is 0.177. The Morgan fingerprint density at radius 2 is 2.27 bits per heavy atom. The van der Waals surface area contributed by atoms with Crippen molar-refractivity contribution in [1.82, 2.24) is 24.4 Å². The van der Waals surface area contributed by atoms with Crippen LogP contribution in [0.1, 0.15) is 23.3 Å². The zero-order valence-electron chi connectivity index (χ0n) is 17.7. The van der Waals surface area contributed by atoms with Crippen LogP contribution in [0.2, 0.25) is 5.02 Å². The number of aliphatic hydroxyl groups is 1. The van der Waals surface area contributed by atoms with Gasteiger partial charge in [0.15, 0.2) is 5.65 Å². The first kappa shape index (κ1) is 21.4. The summed E-state index contributed by atoms with van der Waals surface area (Å²) in [5.41, 5.74) is 2.25. The van der Waals surface area contributed by atoms with Gasteiger partial charge in [0.1, 0.15) is 29.2 Å². The number of nitrogens with zero attached hydrogens (tertiary/aromatic N) is 5. The van der Waals surface area contributed by atoms with Gasteiger partial charge in [0.2, 0.25) is 0 Å². The Kier molecular flexibility index (Phi) is 5.71. The van der Waals surface area contributed by atoms with E-state index >= 15 is 0 Å². The number of halogens is 1. The number of carbonyl (C=O) groups excluding carboxylic acids is 1. The van der Waals surface area contributed by atoms with Crippen LogP contribution in [0.25, 0.3) is 16.9 Å². The number of ether oxygens (including phenoxy) is 2. The molecule has 3 aromatic heterocycles. The van der Waals surface area contributed by atoms with E-state index in [9.17, 15) is 9.90 Å². The van der Waals surface area contributed by atoms with Gasteiger partial charge in [0.25, 0.3) is 5.91 Å². The van der Waals surface area contributed by atoms with Crippen LogP contribution in [-0.2, 0) is 4.74 Å². The fraction of sp³-hybridized carbons (Fsp3) is 0.273. The highest BCUT2D eigenvalue weighted by Crippen LogP contribution is 2.37. The van der Waals surface area contributed by atoms with Gasteiger partial charge in [-0.2, -0.15) is 10.2 Å². The van der Waals surface area contributed by atoms with Gasteiger partial charge < -0.3 is 19.9 Å². The standard InChI is InChI=1S/C22H21ClN6O4/c1-2-33-19-5-4-13(23)8-14(19)20-16(10-29(27-20)17-11-32-12-18(17)30)26-22(31)15-9-25-28-7-3-6-24-21(15)28/h3-10,17-18,30H,2,11-12H2,1H3,(H,26,31)/t17-,18-/m0/s1. The molecule has 11 heteroatoms. The van der Waals surface area contributed by atoms with Crippen LogP contribution in [0.15, 0.2) is 49.1 Å². The summed E-state index contributed by atoms with van der Waals surface area (Å²) in [6.07, 6.45) is 5.73. The fourth-order valence-corrected chi connectivity index (χ4v) is 3.95. The summed E-state index contributed by atoms with van der Waals surface area (Å²) in [7, 11) is 0. The van der Waals surface area contributed by atoms with E-state index in [1.807, 2.05) is 6.92 Å². The Bertz CT molecular complexity index is 1320. The van der Waals surface area contributed by atoms with Gasteiger partial charge in [-0.1, -0.05) is 11.6 Å². The molecular formula is C22H21ClN6O4. The van der Waals surface area contributed by atoms with Gasteiger partial charge in [0, 0.05) is 29.2 Å². The van der Waals surface area contributed by atoms with Crippen molar-refractivity contribution in [1.29, 1.82) is 0 Å². The van der Waals surface area contributed by atoms with E-state index < -0.39 is 12.0 Å². The number of aromatic nitrogens is 5. The molecule has 1 aliphatic heterocycles. The van der Waals surface area contributed by atoms with E-state index in [2.05, 4.69) is 20.5 Å². The number of carbonyl (C=O) groups is 1. The number of rotatable bonds is 6. The van der Waals surface area contributed by atoms with E-state index in [0.717, 1.165) is 0 Å². The third kappa shape index (κ3) is 4.04. The number of nitrogens with one attached hydrogen (secondary N) is 1. The van der Waals surface area contributed by atoms with Crippen LogP contribution in [0.5, 0.6) is 5.75 Å². The third-order valence-electron chi connectivity index (χ3n) is 5.36. The second-order valence-electron chi connectivity index (χ2n) is 7.52. The second-order valence-corrected chi connectivity index (χ2v) is 7.95. The maximum Gasteiger partial charge on any atom is 0.261 e. The topological polar surface area (TPSA) is 116 Å². The van der Waals surface area contributed by atoms with Crippen molar-refractivity contribution in [3.63, 3.8) is 0 Å². The van der Waals surface area contributed by atoms with Crippen LogP contribution in [-0.4, -0.2) is 61.3 Å². The molecule has 1 saturated heterocycles. The average molecular weight is 469 g/mol. The number of aliphatic hydroxyl groups excluding tert-OH is 1. The molecule has 1 fully saturated rings. The summed E-state index contributed by atoms with van der Waals surface area (Å²) >= 11 is 6.27. The Hall–Kier alpha value is -3.47. The summed E-state index contributed by atoms with van der Waals surface area (Å²) in [4.78, 5) is 17.4. The minimum atomic E-state index is -0.712. The van der Waals surface area contributed by atoms with Crippen molar-refractivity contribution in [2.45, 2.75) is 19.1 Å². The lowest BCUT2D eigenvalue weighted by Gasteiger charge is -2.12. The first-order valence-electron chi connectivity index (χ1n) is 10.4. The van der Waals surface area contributed by atoms with Crippen LogP contribution in [0.3, 0.4) is 0 Å². The summed E-state index contributed by atoms with van der Waals surface area (Å²) in [6, 6.07) is 6.56. The molecule has 1 aromatic carbocycles. The number of fused-ring (bicyclic) bond motifs is 1. The smallest absolute Gasteiger partial charge is 0.261 e. The average Bonchev–Trinajstić information content (AvgIpc) is 3.53. The highest BCUT2D eigenvalue weighted by molar-refractivity contribution is 6.31. The van der Waals surface area contributed by atoms with Crippen molar-refractivity contribution in [3.05, 3.63) is 59.6 Å². The third-order valence-corrected chi connectivity index (χ3v) is 5.60. The maximum atomic E-state index is 13.2. The molecule has 2 atom stereocenters. The lowest BCUT2D eigenvalue weighted by atomic mass is 10.1. The highest BCUT2D eigenvalue weighted by atomic mass is 35.5. The SMILES string of the molecule is CCOc1ccc(Cl)cc1-c1nn([C@H]2COC[C@@H]2O)cc1NC(=O)c1cnn2cccnc12. The van der Waals surface area contributed by atoms with E-state index in [1.165, 1.54) is 10.7 Å². The summed E-state index contributed by atoms with van der Waals surface area (Å²) in [5, 5.41) is 22.6. The lowest BCUT2D eigenvalue weighted by molar-refractivity contribution is 0.102. The Labute approximate surface area is 193 Å². The molecule has 0 saturated carbocycles. The molecule has 33 heavy (non-hydrogen) atoms. The number of benzene rings is 1. The van der Waals surface area contributed by atoms with Crippen molar-refractivity contribution < 1.29 is 19.4 Å². The molecule has 5 rings (SSSR count). The van der Waals surface area contributed by atoms with Gasteiger partial charge in [0.05, 0.1) is 31.7 Å². The van der Waals surface area contributed by atoms with E-state index in [0.29, 0.717) is 52.1 Å². The van der Waals surface area contributed by atoms with Crippen molar-refractivity contribution in [2.24, 2.45) is 0 Å². The Morgan fingerprint density at radius 3 is 3.06 bits per heavy atom. The van der Waals surface area contributed by atoms with Crippen molar-refractivity contribution in [2.75, 3.05) is 25.1 Å². The molecule has 4 heterocycles. The molecular weight excluding hydrogens is 448 g/mol. The van der Waals surface area contributed by atoms with Gasteiger partial charge >= 0.3 is 0 Å². The van der Waals surface area contributed by atoms with E-state index in [1.54, 1.807) is 47.5 Å². The van der Waals surface area contributed by atoms with Gasteiger partial charge in [-0.05, 0) is 31.2 Å². The predicted molar refractivity (Wildman–Crippen MR) is 121 cm³/mol. The number of hydrogen-bond acceptors (Lipinski definition) is 7. The summed E-state index contributed by atoms with van der Waals surface area (Å²) in [6.45, 7) is 2.85. The molecule has 0 aliphatic carbocycles. The molecule has 170 valence electrons. The molecule has 1 aliphatic rings. The summed E-state index contributed by atoms with van der Waals surface area (Å²) < 4.78 is 14.3. The number of anilines is 1. The predicted octanol–water partition coefficient (Wildman–Crippen LogP) is 2.83. The highest BCUT2D eigenvalue weighted by Gasteiger charge is 2.30. The van der Waals surface area contributed by atoms with Crippen molar-refractivity contribution in [3.8, 4) is 17.0 Å². The van der Waals surface area contributed by atoms with Crippen LogP contribution in [0.4, 0.5) is 5.69 Å². The number of hydrogen-bond donors (Lipinski definition) is 2. The quantitative estimate of drug-likeness (QED) is 0.447. The first-order valence-corrected chi connectivity index (χ1v) is 10.8. The fourth-order valence-electron chi connectivity index (χ4n) is 3.78. The molecule has 0 bridgehead atoms. The lowest BCUT2D eigenvalue weighted by Crippen LogP contribution is -2.22. The van der Waals surface area contributed by atoms with E-state index in [-0.39, 0.29) is 12.6 Å². The van der Waals surface area contributed by atoms with Gasteiger partial charge in [-0.25, -0.2) is 9.50 Å². The maximum absolute atomic E-state index is 13.2. The molecule has 2 N–H and O–H groups in total. The van der Waals surface area contributed by atoms with Crippen LogP contribution >= 0.6 is 11.6 Å². The normalized spacial score (nSPS) is 18.0. The minimum Gasteiger partial charge on any atom is -0.493 e. The van der Waals surface area contributed by atoms with Crippen LogP contribution in [0, 0.1) is 0 Å². The van der Waals surface area contributed by atoms with Gasteiger partial charge in [-0.3, -0.25) is 9.48 Å². The Balaban J connectivity index is 1.58. The molecule has 0 unspecified atom stereocenters. The van der Waals surface area contributed by atoms with Gasteiger partial charge in [-0.15, -0.1) is 0 Å². The monoisotopic (exact) mass is 468 g/mol. The molecule has 10 nitrogen and oxygen atoms in total. The molecule has 0 spiro atoms. The van der Waals surface area contributed by atoms with Crippen molar-refractivity contribution >= 4 is 28.8 Å². The number of amides is 1.